The van der Waals surface area contributed by atoms with Crippen LogP contribution in [0.1, 0.15) is 23.6 Å². The van der Waals surface area contributed by atoms with Gasteiger partial charge in [0.25, 0.3) is 0 Å². The third-order valence-electron chi connectivity index (χ3n) is 3.37. The average molecular weight is 255 g/mol. The maximum Gasteiger partial charge on any atom is 0.0598 e. The van der Waals surface area contributed by atoms with Crippen LogP contribution < -0.4 is 10.6 Å². The summed E-state index contributed by atoms with van der Waals surface area (Å²) in [5.41, 5.74) is 10.7. The molecular weight excluding hydrogens is 234 g/mol. The van der Waals surface area contributed by atoms with Crippen LogP contribution in [0.5, 0.6) is 0 Å². The Hall–Kier alpha value is -1.87. The quantitative estimate of drug-likeness (QED) is 0.893. The molecule has 2 aromatic rings. The van der Waals surface area contributed by atoms with Crippen LogP contribution >= 0.6 is 0 Å². The molecule has 0 spiro atoms. The van der Waals surface area contributed by atoms with E-state index < -0.39 is 0 Å². The lowest BCUT2D eigenvalue weighted by Gasteiger charge is -2.21. The van der Waals surface area contributed by atoms with Crippen LogP contribution in [0.25, 0.3) is 0 Å². The Morgan fingerprint density at radius 3 is 2.42 bits per heavy atom. The molecule has 2 rings (SSSR count). The number of nitrogens with two attached hydrogens (primary N) is 1. The first-order chi connectivity index (χ1) is 9.24. The Kier molecular flexibility index (Phi) is 4.53. The SMILES string of the molecule is CCc1ccc(CN(C)c2cnccc2CN)cc1. The van der Waals surface area contributed by atoms with Crippen LogP contribution in [-0.2, 0) is 19.5 Å². The molecule has 1 aromatic heterocycles. The van der Waals surface area contributed by atoms with Gasteiger partial charge in [-0.3, -0.25) is 4.98 Å². The van der Waals surface area contributed by atoms with Crippen molar-refractivity contribution in [3.8, 4) is 0 Å². The summed E-state index contributed by atoms with van der Waals surface area (Å²) in [7, 11) is 2.07. The first-order valence-electron chi connectivity index (χ1n) is 6.66. The van der Waals surface area contributed by atoms with E-state index in [2.05, 4.69) is 48.1 Å². The molecule has 3 heteroatoms. The molecule has 0 atom stereocenters. The van der Waals surface area contributed by atoms with E-state index in [0.717, 1.165) is 24.2 Å². The zero-order valence-corrected chi connectivity index (χ0v) is 11.6. The van der Waals surface area contributed by atoms with E-state index >= 15 is 0 Å². The van der Waals surface area contributed by atoms with Gasteiger partial charge in [0.05, 0.1) is 11.9 Å². The number of hydrogen-bond acceptors (Lipinski definition) is 3. The maximum absolute atomic E-state index is 5.77. The standard InChI is InChI=1S/C16H21N3/c1-3-13-4-6-14(7-5-13)12-19(2)16-11-18-9-8-15(16)10-17/h4-9,11H,3,10,12,17H2,1-2H3. The van der Waals surface area contributed by atoms with Crippen molar-refractivity contribution < 1.29 is 0 Å². The average Bonchev–Trinajstić information content (AvgIpc) is 2.48. The highest BCUT2D eigenvalue weighted by Crippen LogP contribution is 2.19. The van der Waals surface area contributed by atoms with Crippen molar-refractivity contribution in [3.63, 3.8) is 0 Å². The zero-order chi connectivity index (χ0) is 13.7. The topological polar surface area (TPSA) is 42.2 Å². The van der Waals surface area contributed by atoms with Gasteiger partial charge >= 0.3 is 0 Å². The van der Waals surface area contributed by atoms with Gasteiger partial charge in [-0.25, -0.2) is 0 Å². The molecule has 1 aromatic carbocycles. The molecule has 1 heterocycles. The first-order valence-corrected chi connectivity index (χ1v) is 6.66. The van der Waals surface area contributed by atoms with Crippen LogP contribution in [0.3, 0.4) is 0 Å². The van der Waals surface area contributed by atoms with Gasteiger partial charge in [0.2, 0.25) is 0 Å². The lowest BCUT2D eigenvalue weighted by molar-refractivity contribution is 0.896. The molecule has 0 saturated carbocycles. The van der Waals surface area contributed by atoms with E-state index in [1.54, 1.807) is 6.20 Å². The van der Waals surface area contributed by atoms with Gasteiger partial charge in [-0.05, 0) is 29.2 Å². The Bertz CT molecular complexity index is 520. The van der Waals surface area contributed by atoms with Gasteiger partial charge in [0.1, 0.15) is 0 Å². The van der Waals surface area contributed by atoms with Crippen molar-refractivity contribution in [1.82, 2.24) is 4.98 Å². The predicted octanol–water partition coefficient (Wildman–Crippen LogP) is 2.74. The Morgan fingerprint density at radius 2 is 1.79 bits per heavy atom. The second-order valence-corrected chi connectivity index (χ2v) is 4.73. The molecule has 0 saturated heterocycles. The Morgan fingerprint density at radius 1 is 1.11 bits per heavy atom. The van der Waals surface area contributed by atoms with E-state index in [9.17, 15) is 0 Å². The number of anilines is 1. The molecule has 0 aliphatic rings. The van der Waals surface area contributed by atoms with Crippen LogP contribution in [0, 0.1) is 0 Å². The third kappa shape index (κ3) is 3.32. The van der Waals surface area contributed by atoms with Gasteiger partial charge in [0.15, 0.2) is 0 Å². The summed E-state index contributed by atoms with van der Waals surface area (Å²) in [6.07, 6.45) is 4.74. The van der Waals surface area contributed by atoms with Crippen LogP contribution in [-0.4, -0.2) is 12.0 Å². The fourth-order valence-corrected chi connectivity index (χ4v) is 2.17. The monoisotopic (exact) mass is 255 g/mol. The summed E-state index contributed by atoms with van der Waals surface area (Å²) in [5.74, 6) is 0. The predicted molar refractivity (Wildman–Crippen MR) is 80.1 cm³/mol. The summed E-state index contributed by atoms with van der Waals surface area (Å²) in [6.45, 7) is 3.57. The van der Waals surface area contributed by atoms with E-state index in [0.29, 0.717) is 6.54 Å². The minimum absolute atomic E-state index is 0.539. The summed E-state index contributed by atoms with van der Waals surface area (Å²) >= 11 is 0. The van der Waals surface area contributed by atoms with Crippen molar-refractivity contribution in [2.24, 2.45) is 5.73 Å². The van der Waals surface area contributed by atoms with Crippen LogP contribution in [0.2, 0.25) is 0 Å². The number of aryl methyl sites for hydroxylation is 1. The fourth-order valence-electron chi connectivity index (χ4n) is 2.17. The largest absolute Gasteiger partial charge is 0.369 e. The zero-order valence-electron chi connectivity index (χ0n) is 11.6. The maximum atomic E-state index is 5.77. The summed E-state index contributed by atoms with van der Waals surface area (Å²) in [5, 5.41) is 0. The van der Waals surface area contributed by atoms with Gasteiger partial charge in [-0.2, -0.15) is 0 Å². The Labute approximate surface area is 115 Å². The van der Waals surface area contributed by atoms with Crippen molar-refractivity contribution in [3.05, 3.63) is 59.4 Å². The molecule has 19 heavy (non-hydrogen) atoms. The summed E-state index contributed by atoms with van der Waals surface area (Å²) < 4.78 is 0. The molecular formula is C16H21N3. The van der Waals surface area contributed by atoms with Crippen molar-refractivity contribution in [2.45, 2.75) is 26.4 Å². The molecule has 0 amide bonds. The Balaban J connectivity index is 2.13. The number of rotatable bonds is 5. The smallest absolute Gasteiger partial charge is 0.0598 e. The highest BCUT2D eigenvalue weighted by atomic mass is 15.1. The number of benzene rings is 1. The second kappa shape index (κ2) is 6.34. The molecule has 100 valence electrons. The normalized spacial score (nSPS) is 10.5. The highest BCUT2D eigenvalue weighted by molar-refractivity contribution is 5.51. The molecule has 3 nitrogen and oxygen atoms in total. The van der Waals surface area contributed by atoms with Gasteiger partial charge in [-0.15, -0.1) is 0 Å². The lowest BCUT2D eigenvalue weighted by Crippen LogP contribution is -2.19. The number of pyridine rings is 1. The van der Waals surface area contributed by atoms with Crippen molar-refractivity contribution in [1.29, 1.82) is 0 Å². The van der Waals surface area contributed by atoms with E-state index in [1.807, 2.05) is 12.3 Å². The van der Waals surface area contributed by atoms with Crippen LogP contribution in [0.4, 0.5) is 5.69 Å². The third-order valence-corrected chi connectivity index (χ3v) is 3.37. The highest BCUT2D eigenvalue weighted by Gasteiger charge is 2.07. The second-order valence-electron chi connectivity index (χ2n) is 4.73. The molecule has 0 fully saturated rings. The van der Waals surface area contributed by atoms with E-state index in [1.165, 1.54) is 11.1 Å². The van der Waals surface area contributed by atoms with Crippen molar-refractivity contribution in [2.75, 3.05) is 11.9 Å². The van der Waals surface area contributed by atoms with Gasteiger partial charge < -0.3 is 10.6 Å². The van der Waals surface area contributed by atoms with Gasteiger partial charge in [-0.1, -0.05) is 31.2 Å². The first kappa shape index (κ1) is 13.6. The van der Waals surface area contributed by atoms with Crippen molar-refractivity contribution >= 4 is 5.69 Å². The summed E-state index contributed by atoms with van der Waals surface area (Å²) in [6, 6.07) is 10.7. The summed E-state index contributed by atoms with van der Waals surface area (Å²) in [4.78, 5) is 6.38. The fraction of sp³-hybridized carbons (Fsp3) is 0.312. The molecule has 0 radical (unpaired) electrons. The van der Waals surface area contributed by atoms with E-state index in [4.69, 9.17) is 5.73 Å². The molecule has 0 unspecified atom stereocenters. The van der Waals surface area contributed by atoms with E-state index in [-0.39, 0.29) is 0 Å². The number of nitrogens with zero attached hydrogens (tertiary/aromatic N) is 2. The van der Waals surface area contributed by atoms with Gasteiger partial charge in [0, 0.05) is 26.3 Å². The molecule has 0 bridgehead atoms. The van der Waals surface area contributed by atoms with Crippen LogP contribution in [0.15, 0.2) is 42.7 Å². The lowest BCUT2D eigenvalue weighted by atomic mass is 10.1. The molecule has 0 aliphatic carbocycles. The number of hydrogen-bond donors (Lipinski definition) is 1. The minimum Gasteiger partial charge on any atom is -0.369 e. The molecule has 2 N–H and O–H groups in total. The number of aromatic nitrogens is 1. The molecule has 0 aliphatic heterocycles. The minimum atomic E-state index is 0.539.